The summed E-state index contributed by atoms with van der Waals surface area (Å²) in [7, 11) is 0. The molecular formula is C17H27NO2. The molecule has 2 unspecified atom stereocenters. The smallest absolute Gasteiger partial charge is 0.0614 e. The first kappa shape index (κ1) is 15.5. The van der Waals surface area contributed by atoms with E-state index in [4.69, 9.17) is 4.74 Å². The molecule has 2 rings (SSSR count). The maximum absolute atomic E-state index is 9.57. The number of hydrogen-bond acceptors (Lipinski definition) is 3. The summed E-state index contributed by atoms with van der Waals surface area (Å²) in [5.74, 6) is 0. The minimum Gasteiger partial charge on any atom is -0.394 e. The predicted molar refractivity (Wildman–Crippen MR) is 81.8 cm³/mol. The summed E-state index contributed by atoms with van der Waals surface area (Å²) in [4.78, 5) is 0. The summed E-state index contributed by atoms with van der Waals surface area (Å²) in [5.41, 5.74) is 1.28. The maximum atomic E-state index is 9.57. The van der Waals surface area contributed by atoms with E-state index in [1.165, 1.54) is 5.56 Å². The fourth-order valence-corrected chi connectivity index (χ4v) is 3.13. The molecule has 0 bridgehead atoms. The standard InChI is InChI=1S/C17H27NO2/c1-2-18-17(14-19)11-10-16(13-17)20-12-6-9-15-7-4-3-5-8-15/h3-5,7-8,16,18-19H,2,6,9-14H2,1H3. The molecule has 1 aromatic rings. The first-order chi connectivity index (χ1) is 9.78. The number of rotatable bonds is 8. The second-order valence-electron chi connectivity index (χ2n) is 5.79. The molecule has 1 aliphatic carbocycles. The first-order valence-corrected chi connectivity index (χ1v) is 7.79. The zero-order valence-corrected chi connectivity index (χ0v) is 12.5. The zero-order valence-electron chi connectivity index (χ0n) is 12.5. The Balaban J connectivity index is 1.66. The molecule has 1 aliphatic rings. The minimum absolute atomic E-state index is 0.0984. The zero-order chi connectivity index (χ0) is 14.3. The predicted octanol–water partition coefficient (Wildman–Crippen LogP) is 2.53. The molecule has 2 N–H and O–H groups in total. The summed E-state index contributed by atoms with van der Waals surface area (Å²) in [6.45, 7) is 4.02. The van der Waals surface area contributed by atoms with Crippen LogP contribution >= 0.6 is 0 Å². The Morgan fingerprint density at radius 2 is 2.15 bits per heavy atom. The van der Waals surface area contributed by atoms with Crippen LogP contribution in [0.5, 0.6) is 0 Å². The molecule has 0 spiro atoms. The Hall–Kier alpha value is -0.900. The highest BCUT2D eigenvalue weighted by Crippen LogP contribution is 2.31. The van der Waals surface area contributed by atoms with Gasteiger partial charge in [0.05, 0.1) is 12.7 Å². The van der Waals surface area contributed by atoms with Crippen molar-refractivity contribution in [1.82, 2.24) is 5.32 Å². The van der Waals surface area contributed by atoms with Gasteiger partial charge in [-0.15, -0.1) is 0 Å². The average molecular weight is 277 g/mol. The average Bonchev–Trinajstić information content (AvgIpc) is 2.89. The Labute approximate surface area is 122 Å². The van der Waals surface area contributed by atoms with Crippen LogP contribution in [0, 0.1) is 0 Å². The number of aliphatic hydroxyl groups excluding tert-OH is 1. The summed E-state index contributed by atoms with van der Waals surface area (Å²) < 4.78 is 5.98. The summed E-state index contributed by atoms with van der Waals surface area (Å²) >= 11 is 0. The van der Waals surface area contributed by atoms with E-state index >= 15 is 0 Å². The molecule has 1 saturated carbocycles. The highest BCUT2D eigenvalue weighted by molar-refractivity contribution is 5.14. The van der Waals surface area contributed by atoms with E-state index in [-0.39, 0.29) is 12.1 Å². The molecule has 0 saturated heterocycles. The second kappa shape index (κ2) is 7.77. The molecular weight excluding hydrogens is 250 g/mol. The third kappa shape index (κ3) is 4.30. The Morgan fingerprint density at radius 1 is 1.35 bits per heavy atom. The van der Waals surface area contributed by atoms with Crippen molar-refractivity contribution in [3.05, 3.63) is 35.9 Å². The van der Waals surface area contributed by atoms with E-state index in [2.05, 4.69) is 36.5 Å². The molecule has 0 aromatic heterocycles. The highest BCUT2D eigenvalue weighted by atomic mass is 16.5. The molecule has 0 aliphatic heterocycles. The van der Waals surface area contributed by atoms with E-state index in [0.29, 0.717) is 6.10 Å². The van der Waals surface area contributed by atoms with Gasteiger partial charge in [-0.3, -0.25) is 0 Å². The van der Waals surface area contributed by atoms with E-state index in [1.54, 1.807) is 0 Å². The van der Waals surface area contributed by atoms with Gasteiger partial charge in [0.1, 0.15) is 0 Å². The lowest BCUT2D eigenvalue weighted by molar-refractivity contribution is 0.0457. The van der Waals surface area contributed by atoms with E-state index < -0.39 is 0 Å². The summed E-state index contributed by atoms with van der Waals surface area (Å²) in [5, 5.41) is 13.0. The number of nitrogens with one attached hydrogen (secondary N) is 1. The highest BCUT2D eigenvalue weighted by Gasteiger charge is 2.38. The van der Waals surface area contributed by atoms with Crippen LogP contribution in [0.1, 0.15) is 38.2 Å². The van der Waals surface area contributed by atoms with Crippen LogP contribution in [0.4, 0.5) is 0 Å². The van der Waals surface area contributed by atoms with E-state index in [9.17, 15) is 5.11 Å². The molecule has 2 atom stereocenters. The van der Waals surface area contributed by atoms with Crippen molar-refractivity contribution >= 4 is 0 Å². The van der Waals surface area contributed by atoms with Gasteiger partial charge >= 0.3 is 0 Å². The Kier molecular flexibility index (Phi) is 6.02. The van der Waals surface area contributed by atoms with Crippen LogP contribution in [-0.2, 0) is 11.2 Å². The molecule has 1 fully saturated rings. The number of aryl methyl sites for hydroxylation is 1. The van der Waals surface area contributed by atoms with Crippen molar-refractivity contribution in [2.24, 2.45) is 0 Å². The summed E-state index contributed by atoms with van der Waals surface area (Å²) in [6, 6.07) is 10.5. The van der Waals surface area contributed by atoms with Crippen molar-refractivity contribution in [3.8, 4) is 0 Å². The molecule has 1 aromatic carbocycles. The van der Waals surface area contributed by atoms with Gasteiger partial charge in [0, 0.05) is 12.1 Å². The second-order valence-corrected chi connectivity index (χ2v) is 5.79. The lowest BCUT2D eigenvalue weighted by Gasteiger charge is -2.27. The lowest BCUT2D eigenvalue weighted by Crippen LogP contribution is -2.46. The van der Waals surface area contributed by atoms with Crippen molar-refractivity contribution in [1.29, 1.82) is 0 Å². The quantitative estimate of drug-likeness (QED) is 0.718. The van der Waals surface area contributed by atoms with Gasteiger partial charge < -0.3 is 15.2 Å². The number of aliphatic hydroxyl groups is 1. The van der Waals surface area contributed by atoms with Crippen LogP contribution in [0.25, 0.3) is 0 Å². The van der Waals surface area contributed by atoms with Crippen molar-refractivity contribution in [3.63, 3.8) is 0 Å². The number of hydrogen-bond donors (Lipinski definition) is 2. The van der Waals surface area contributed by atoms with Crippen LogP contribution in [-0.4, -0.2) is 36.5 Å². The Bertz CT molecular complexity index is 382. The van der Waals surface area contributed by atoms with Crippen LogP contribution < -0.4 is 5.32 Å². The van der Waals surface area contributed by atoms with Crippen LogP contribution in [0.2, 0.25) is 0 Å². The monoisotopic (exact) mass is 277 g/mol. The third-order valence-corrected chi connectivity index (χ3v) is 4.22. The van der Waals surface area contributed by atoms with Crippen LogP contribution in [0.3, 0.4) is 0 Å². The van der Waals surface area contributed by atoms with Gasteiger partial charge in [-0.2, -0.15) is 0 Å². The summed E-state index contributed by atoms with van der Waals surface area (Å²) in [6.07, 6.45) is 5.44. The van der Waals surface area contributed by atoms with Gasteiger partial charge in [-0.05, 0) is 44.2 Å². The fourth-order valence-electron chi connectivity index (χ4n) is 3.13. The fraction of sp³-hybridized carbons (Fsp3) is 0.647. The van der Waals surface area contributed by atoms with Crippen molar-refractivity contribution in [2.45, 2.75) is 50.7 Å². The van der Waals surface area contributed by atoms with Crippen molar-refractivity contribution in [2.75, 3.05) is 19.8 Å². The molecule has 0 amide bonds. The molecule has 3 nitrogen and oxygen atoms in total. The van der Waals surface area contributed by atoms with E-state index in [1.807, 2.05) is 6.07 Å². The third-order valence-electron chi connectivity index (χ3n) is 4.22. The number of likely N-dealkylation sites (N-methyl/N-ethyl adjacent to an activating group) is 1. The lowest BCUT2D eigenvalue weighted by atomic mass is 9.99. The molecule has 20 heavy (non-hydrogen) atoms. The van der Waals surface area contributed by atoms with Crippen LogP contribution in [0.15, 0.2) is 30.3 Å². The molecule has 0 heterocycles. The SMILES string of the molecule is CCNC1(CO)CCC(OCCCc2ccccc2)C1. The normalized spacial score (nSPS) is 26.0. The number of ether oxygens (including phenoxy) is 1. The number of benzene rings is 1. The van der Waals surface area contributed by atoms with Gasteiger partial charge in [0.25, 0.3) is 0 Å². The van der Waals surface area contributed by atoms with Crippen molar-refractivity contribution < 1.29 is 9.84 Å². The molecule has 112 valence electrons. The maximum Gasteiger partial charge on any atom is 0.0614 e. The van der Waals surface area contributed by atoms with Gasteiger partial charge in [0.2, 0.25) is 0 Å². The molecule has 0 radical (unpaired) electrons. The van der Waals surface area contributed by atoms with Gasteiger partial charge in [-0.25, -0.2) is 0 Å². The van der Waals surface area contributed by atoms with Gasteiger partial charge in [0.15, 0.2) is 0 Å². The largest absolute Gasteiger partial charge is 0.394 e. The minimum atomic E-state index is -0.0984. The Morgan fingerprint density at radius 3 is 2.85 bits per heavy atom. The topological polar surface area (TPSA) is 41.5 Å². The first-order valence-electron chi connectivity index (χ1n) is 7.79. The molecule has 3 heteroatoms. The van der Waals surface area contributed by atoms with E-state index in [0.717, 1.165) is 45.3 Å². The van der Waals surface area contributed by atoms with Gasteiger partial charge in [-0.1, -0.05) is 37.3 Å².